The molecule has 17 heavy (non-hydrogen) atoms. The monoisotopic (exact) mass is 238 g/mol. The van der Waals surface area contributed by atoms with E-state index in [0.717, 1.165) is 25.3 Å². The summed E-state index contributed by atoms with van der Waals surface area (Å²) in [6, 6.07) is 0.351. The van der Waals surface area contributed by atoms with Crippen molar-refractivity contribution in [1.29, 1.82) is 0 Å². The number of nitrogens with zero attached hydrogens (tertiary/aromatic N) is 1. The van der Waals surface area contributed by atoms with Gasteiger partial charge >= 0.3 is 0 Å². The van der Waals surface area contributed by atoms with Gasteiger partial charge in [-0.2, -0.15) is 0 Å². The van der Waals surface area contributed by atoms with Gasteiger partial charge in [0.1, 0.15) is 0 Å². The molecule has 0 aromatic rings. The standard InChI is InChI=1S/C13H22N2O2/c1-9-5-6-15(10(2)7-9)13(17)11-3-4-12(16)14-8-11/h9-11H,3-8H2,1-2H3,(H,14,16). The summed E-state index contributed by atoms with van der Waals surface area (Å²) in [6.07, 6.45) is 3.42. The lowest BCUT2D eigenvalue weighted by Crippen LogP contribution is -2.50. The lowest BCUT2D eigenvalue weighted by molar-refractivity contribution is -0.141. The minimum absolute atomic E-state index is 0.00329. The Morgan fingerprint density at radius 3 is 2.71 bits per heavy atom. The zero-order valence-electron chi connectivity index (χ0n) is 10.7. The molecular weight excluding hydrogens is 216 g/mol. The van der Waals surface area contributed by atoms with E-state index in [1.165, 1.54) is 0 Å². The van der Waals surface area contributed by atoms with Crippen LogP contribution in [0.1, 0.15) is 39.5 Å². The molecule has 3 atom stereocenters. The molecule has 2 saturated heterocycles. The maximum absolute atomic E-state index is 12.4. The third-order valence-electron chi connectivity index (χ3n) is 4.04. The third kappa shape index (κ3) is 2.79. The van der Waals surface area contributed by atoms with Crippen molar-refractivity contribution in [1.82, 2.24) is 10.2 Å². The van der Waals surface area contributed by atoms with Gasteiger partial charge in [0, 0.05) is 25.6 Å². The molecule has 0 aliphatic carbocycles. The van der Waals surface area contributed by atoms with Gasteiger partial charge in [-0.05, 0) is 32.1 Å². The van der Waals surface area contributed by atoms with Crippen LogP contribution in [0.25, 0.3) is 0 Å². The molecule has 0 radical (unpaired) electrons. The predicted molar refractivity (Wildman–Crippen MR) is 65.3 cm³/mol. The maximum atomic E-state index is 12.4. The van der Waals surface area contributed by atoms with E-state index in [1.54, 1.807) is 0 Å². The third-order valence-corrected chi connectivity index (χ3v) is 4.04. The molecular formula is C13H22N2O2. The summed E-state index contributed by atoms with van der Waals surface area (Å²) in [5.41, 5.74) is 0. The number of rotatable bonds is 1. The summed E-state index contributed by atoms with van der Waals surface area (Å²) in [5, 5.41) is 2.79. The highest BCUT2D eigenvalue weighted by atomic mass is 16.2. The molecule has 4 heteroatoms. The Kier molecular flexibility index (Phi) is 3.69. The van der Waals surface area contributed by atoms with Crippen molar-refractivity contribution in [3.05, 3.63) is 0 Å². The number of amides is 2. The normalized spacial score (nSPS) is 34.4. The minimum atomic E-state index is 0.00329. The fraction of sp³-hybridized carbons (Fsp3) is 0.846. The first-order valence-corrected chi connectivity index (χ1v) is 6.65. The molecule has 3 unspecified atom stereocenters. The van der Waals surface area contributed by atoms with Crippen LogP contribution >= 0.6 is 0 Å². The lowest BCUT2D eigenvalue weighted by Gasteiger charge is -2.39. The largest absolute Gasteiger partial charge is 0.355 e. The van der Waals surface area contributed by atoms with Crippen LogP contribution in [-0.4, -0.2) is 35.8 Å². The van der Waals surface area contributed by atoms with Gasteiger partial charge in [0.25, 0.3) is 0 Å². The van der Waals surface area contributed by atoms with Crippen LogP contribution in [0.4, 0.5) is 0 Å². The smallest absolute Gasteiger partial charge is 0.227 e. The minimum Gasteiger partial charge on any atom is -0.355 e. The van der Waals surface area contributed by atoms with E-state index in [9.17, 15) is 9.59 Å². The molecule has 0 saturated carbocycles. The predicted octanol–water partition coefficient (Wildman–Crippen LogP) is 1.16. The Bertz CT molecular complexity index is 307. The molecule has 2 aliphatic rings. The molecule has 0 aromatic carbocycles. The van der Waals surface area contributed by atoms with Crippen LogP contribution < -0.4 is 5.32 Å². The van der Waals surface area contributed by atoms with E-state index in [1.807, 2.05) is 4.90 Å². The van der Waals surface area contributed by atoms with Crippen molar-refractivity contribution in [2.75, 3.05) is 13.1 Å². The van der Waals surface area contributed by atoms with Crippen molar-refractivity contribution < 1.29 is 9.59 Å². The first-order valence-electron chi connectivity index (χ1n) is 6.65. The van der Waals surface area contributed by atoms with Gasteiger partial charge in [-0.15, -0.1) is 0 Å². The van der Waals surface area contributed by atoms with E-state index in [-0.39, 0.29) is 17.7 Å². The summed E-state index contributed by atoms with van der Waals surface area (Å²) < 4.78 is 0. The molecule has 2 heterocycles. The summed E-state index contributed by atoms with van der Waals surface area (Å²) in [6.45, 7) is 5.79. The molecule has 4 nitrogen and oxygen atoms in total. The van der Waals surface area contributed by atoms with Gasteiger partial charge < -0.3 is 10.2 Å². The van der Waals surface area contributed by atoms with Crippen LogP contribution in [0.5, 0.6) is 0 Å². The van der Waals surface area contributed by atoms with Crippen LogP contribution in [0.3, 0.4) is 0 Å². The zero-order chi connectivity index (χ0) is 12.4. The van der Waals surface area contributed by atoms with Gasteiger partial charge in [0.05, 0.1) is 5.92 Å². The van der Waals surface area contributed by atoms with Crippen molar-refractivity contribution in [3.8, 4) is 0 Å². The Hall–Kier alpha value is -1.06. The molecule has 0 spiro atoms. The van der Waals surface area contributed by atoms with Crippen molar-refractivity contribution in [2.24, 2.45) is 11.8 Å². The van der Waals surface area contributed by atoms with Gasteiger partial charge in [-0.1, -0.05) is 6.92 Å². The van der Waals surface area contributed by atoms with Crippen LogP contribution in [0, 0.1) is 11.8 Å². The van der Waals surface area contributed by atoms with Crippen LogP contribution in [0.15, 0.2) is 0 Å². The van der Waals surface area contributed by atoms with Gasteiger partial charge in [-0.3, -0.25) is 9.59 Å². The average Bonchev–Trinajstić information content (AvgIpc) is 2.29. The van der Waals surface area contributed by atoms with E-state index in [2.05, 4.69) is 19.2 Å². The topological polar surface area (TPSA) is 49.4 Å². The Morgan fingerprint density at radius 2 is 2.12 bits per heavy atom. The highest BCUT2D eigenvalue weighted by Gasteiger charge is 2.33. The maximum Gasteiger partial charge on any atom is 0.227 e. The lowest BCUT2D eigenvalue weighted by atomic mass is 9.90. The zero-order valence-corrected chi connectivity index (χ0v) is 10.7. The number of hydrogen-bond donors (Lipinski definition) is 1. The van der Waals surface area contributed by atoms with Gasteiger partial charge in [-0.25, -0.2) is 0 Å². The summed E-state index contributed by atoms with van der Waals surface area (Å²) >= 11 is 0. The van der Waals surface area contributed by atoms with E-state index >= 15 is 0 Å². The van der Waals surface area contributed by atoms with Gasteiger partial charge in [0.2, 0.25) is 11.8 Å². The number of piperidine rings is 2. The first kappa shape index (κ1) is 12.4. The average molecular weight is 238 g/mol. The van der Waals surface area contributed by atoms with E-state index in [0.29, 0.717) is 25.4 Å². The fourth-order valence-corrected chi connectivity index (χ4v) is 2.91. The molecule has 0 aromatic heterocycles. The highest BCUT2D eigenvalue weighted by Crippen LogP contribution is 2.25. The number of carbonyl (C=O) groups excluding carboxylic acids is 2. The molecule has 0 bridgehead atoms. The van der Waals surface area contributed by atoms with Crippen LogP contribution in [-0.2, 0) is 9.59 Å². The molecule has 2 aliphatic heterocycles. The number of nitrogens with one attached hydrogen (secondary N) is 1. The summed E-state index contributed by atoms with van der Waals surface area (Å²) in [4.78, 5) is 25.4. The first-order chi connectivity index (χ1) is 8.08. The second-order valence-corrected chi connectivity index (χ2v) is 5.55. The van der Waals surface area contributed by atoms with Crippen LogP contribution in [0.2, 0.25) is 0 Å². The summed E-state index contributed by atoms with van der Waals surface area (Å²) in [7, 11) is 0. The van der Waals surface area contributed by atoms with Crippen molar-refractivity contribution in [3.63, 3.8) is 0 Å². The molecule has 2 fully saturated rings. The molecule has 2 rings (SSSR count). The quantitative estimate of drug-likeness (QED) is 0.745. The summed E-state index contributed by atoms with van der Waals surface area (Å²) in [5.74, 6) is 1.04. The van der Waals surface area contributed by atoms with E-state index < -0.39 is 0 Å². The Labute approximate surface area is 103 Å². The number of hydrogen-bond acceptors (Lipinski definition) is 2. The number of likely N-dealkylation sites (tertiary alicyclic amines) is 1. The second-order valence-electron chi connectivity index (χ2n) is 5.55. The van der Waals surface area contributed by atoms with Crippen molar-refractivity contribution in [2.45, 2.75) is 45.6 Å². The number of carbonyl (C=O) groups is 2. The highest BCUT2D eigenvalue weighted by molar-refractivity contribution is 5.84. The molecule has 2 amide bonds. The Morgan fingerprint density at radius 1 is 1.35 bits per heavy atom. The Balaban J connectivity index is 1.93. The molecule has 1 N–H and O–H groups in total. The molecule has 96 valence electrons. The van der Waals surface area contributed by atoms with Gasteiger partial charge in [0.15, 0.2) is 0 Å². The van der Waals surface area contributed by atoms with Crippen molar-refractivity contribution >= 4 is 11.8 Å². The fourth-order valence-electron chi connectivity index (χ4n) is 2.91. The van der Waals surface area contributed by atoms with E-state index in [4.69, 9.17) is 0 Å². The SMILES string of the molecule is CC1CCN(C(=O)C2CCC(=O)NC2)C(C)C1. The second kappa shape index (κ2) is 5.07.